The van der Waals surface area contributed by atoms with Crippen LogP contribution in [-0.2, 0) is 0 Å². The van der Waals surface area contributed by atoms with Gasteiger partial charge in [-0.2, -0.15) is 0 Å². The Bertz CT molecular complexity index is 2760. The summed E-state index contributed by atoms with van der Waals surface area (Å²) in [6.45, 7) is 0.0599. The lowest BCUT2D eigenvalue weighted by Crippen LogP contribution is -2.59. The molecule has 5 heteroatoms. The summed E-state index contributed by atoms with van der Waals surface area (Å²) >= 11 is 1.87. The fraction of sp³-hybridized carbons (Fsp3) is 0. The van der Waals surface area contributed by atoms with Gasteiger partial charge in [-0.15, -0.1) is 11.3 Å². The van der Waals surface area contributed by atoms with Crippen molar-refractivity contribution in [3.63, 3.8) is 0 Å². The quantitative estimate of drug-likeness (QED) is 0.174. The van der Waals surface area contributed by atoms with Gasteiger partial charge in [0.15, 0.2) is 0 Å². The van der Waals surface area contributed by atoms with Crippen molar-refractivity contribution >= 4 is 99.5 Å². The van der Waals surface area contributed by atoms with Crippen LogP contribution in [0.25, 0.3) is 30.9 Å². The van der Waals surface area contributed by atoms with Gasteiger partial charge in [0.1, 0.15) is 11.5 Å². The number of hydrogen-bond donors (Lipinski definition) is 0. The number of thiophene rings is 1. The summed E-state index contributed by atoms with van der Waals surface area (Å²) in [5.41, 5.74) is 10.7. The van der Waals surface area contributed by atoms with Gasteiger partial charge in [0.2, 0.25) is 0 Å². The van der Waals surface area contributed by atoms with E-state index in [4.69, 9.17) is 4.74 Å². The lowest BCUT2D eigenvalue weighted by atomic mass is 9.34. The SMILES string of the molecule is c1ccc(N2c3ccccc3B3c4cc5sc6cc(N(c7ccccc7)c7ccccc7)c7ccccc7c6c5cc4Oc4cccc2c43)cc1. The monoisotopic (exact) mass is 668 g/mol. The average molecular weight is 669 g/mol. The van der Waals surface area contributed by atoms with E-state index in [1.165, 1.54) is 64.4 Å². The lowest BCUT2D eigenvalue weighted by Gasteiger charge is -2.39. The van der Waals surface area contributed by atoms with Crippen molar-refractivity contribution in [2.24, 2.45) is 0 Å². The summed E-state index contributed by atoms with van der Waals surface area (Å²) in [5.74, 6) is 1.86. The molecule has 8 aromatic carbocycles. The van der Waals surface area contributed by atoms with E-state index in [0.717, 1.165) is 28.6 Å². The van der Waals surface area contributed by atoms with Crippen LogP contribution in [0.3, 0.4) is 0 Å². The molecule has 238 valence electrons. The Morgan fingerprint density at radius 1 is 0.490 bits per heavy atom. The molecule has 0 fully saturated rings. The third-order valence-electron chi connectivity index (χ3n) is 10.5. The average Bonchev–Trinajstić information content (AvgIpc) is 3.55. The minimum absolute atomic E-state index is 0.0599. The van der Waals surface area contributed by atoms with Crippen molar-refractivity contribution in [2.45, 2.75) is 0 Å². The molecule has 2 aliphatic rings. The van der Waals surface area contributed by atoms with Gasteiger partial charge in [-0.1, -0.05) is 103 Å². The standard InChI is InChI=1S/C46H29BN2OS/c1-4-15-30(16-5-1)48(31-17-6-2-7-18-31)40-29-44-45(34-22-11-10-21-33(34)40)35-27-42-37(28-43(35)51-44)47-36-23-12-13-24-38(36)49(32-19-8-3-9-20-32)39-25-14-26-41(50-42)46(39)47/h1-29H. The van der Waals surface area contributed by atoms with Crippen LogP contribution in [0.1, 0.15) is 0 Å². The maximum absolute atomic E-state index is 6.91. The van der Waals surface area contributed by atoms with Crippen molar-refractivity contribution in [3.8, 4) is 11.5 Å². The predicted molar refractivity (Wildman–Crippen MR) is 217 cm³/mol. The second-order valence-corrected chi connectivity index (χ2v) is 14.3. The first-order valence-electron chi connectivity index (χ1n) is 17.4. The third-order valence-corrected chi connectivity index (χ3v) is 11.6. The first kappa shape index (κ1) is 28.5. The van der Waals surface area contributed by atoms with E-state index in [0.29, 0.717) is 0 Å². The first-order valence-corrected chi connectivity index (χ1v) is 18.2. The van der Waals surface area contributed by atoms with Crippen molar-refractivity contribution in [1.29, 1.82) is 0 Å². The number of rotatable bonds is 4. The number of ether oxygens (including phenoxy) is 1. The highest BCUT2D eigenvalue weighted by Crippen LogP contribution is 2.48. The molecular formula is C46H29BN2OS. The molecule has 0 atom stereocenters. The molecule has 0 bridgehead atoms. The smallest absolute Gasteiger partial charge is 0.256 e. The Balaban J connectivity index is 1.15. The van der Waals surface area contributed by atoms with Gasteiger partial charge >= 0.3 is 0 Å². The van der Waals surface area contributed by atoms with E-state index >= 15 is 0 Å². The van der Waals surface area contributed by atoms with Gasteiger partial charge in [-0.3, -0.25) is 0 Å². The number of fused-ring (bicyclic) bond motifs is 9. The van der Waals surface area contributed by atoms with Crippen molar-refractivity contribution in [3.05, 3.63) is 176 Å². The Morgan fingerprint density at radius 3 is 1.90 bits per heavy atom. The largest absolute Gasteiger partial charge is 0.458 e. The van der Waals surface area contributed by atoms with Crippen LogP contribution in [0, 0.1) is 0 Å². The molecule has 0 amide bonds. The van der Waals surface area contributed by atoms with Crippen molar-refractivity contribution in [2.75, 3.05) is 9.80 Å². The Morgan fingerprint density at radius 2 is 1.14 bits per heavy atom. The number of anilines is 6. The normalized spacial score (nSPS) is 12.8. The molecule has 0 aliphatic carbocycles. The zero-order chi connectivity index (χ0) is 33.5. The fourth-order valence-electron chi connectivity index (χ4n) is 8.37. The molecule has 0 radical (unpaired) electrons. The topological polar surface area (TPSA) is 15.7 Å². The molecular weight excluding hydrogens is 639 g/mol. The minimum atomic E-state index is 0.0599. The highest BCUT2D eigenvalue weighted by atomic mass is 32.1. The van der Waals surface area contributed by atoms with E-state index in [-0.39, 0.29) is 6.71 Å². The molecule has 0 saturated carbocycles. The van der Waals surface area contributed by atoms with Crippen LogP contribution in [0.15, 0.2) is 176 Å². The number of benzene rings is 8. The van der Waals surface area contributed by atoms with Gasteiger partial charge in [0.25, 0.3) is 6.71 Å². The second-order valence-electron chi connectivity index (χ2n) is 13.3. The number of hydrogen-bond acceptors (Lipinski definition) is 4. The predicted octanol–water partition coefficient (Wildman–Crippen LogP) is 11.1. The zero-order valence-electron chi connectivity index (χ0n) is 27.5. The van der Waals surface area contributed by atoms with Crippen molar-refractivity contribution < 1.29 is 4.74 Å². The van der Waals surface area contributed by atoms with Gasteiger partial charge in [0.05, 0.1) is 5.69 Å². The van der Waals surface area contributed by atoms with Crippen LogP contribution in [-0.4, -0.2) is 6.71 Å². The zero-order valence-corrected chi connectivity index (χ0v) is 28.3. The molecule has 0 spiro atoms. The van der Waals surface area contributed by atoms with Gasteiger partial charge in [-0.25, -0.2) is 0 Å². The van der Waals surface area contributed by atoms with Crippen LogP contribution >= 0.6 is 11.3 Å². The summed E-state index contributed by atoms with van der Waals surface area (Å²) < 4.78 is 9.44. The summed E-state index contributed by atoms with van der Waals surface area (Å²) in [5, 5.41) is 4.97. The van der Waals surface area contributed by atoms with Crippen LogP contribution < -0.4 is 30.9 Å². The van der Waals surface area contributed by atoms with E-state index in [1.54, 1.807) is 0 Å². The highest BCUT2D eigenvalue weighted by Gasteiger charge is 2.41. The maximum atomic E-state index is 6.91. The Hall–Kier alpha value is -6.30. The molecule has 11 rings (SSSR count). The van der Waals surface area contributed by atoms with Crippen LogP contribution in [0.5, 0.6) is 11.5 Å². The van der Waals surface area contributed by atoms with E-state index in [1.807, 2.05) is 11.3 Å². The molecule has 9 aromatic rings. The summed E-state index contributed by atoms with van der Waals surface area (Å²) in [6.07, 6.45) is 0. The third kappa shape index (κ3) is 4.25. The molecule has 3 nitrogen and oxygen atoms in total. The molecule has 0 unspecified atom stereocenters. The molecule has 3 heterocycles. The van der Waals surface area contributed by atoms with Gasteiger partial charge in [0, 0.05) is 54.0 Å². The number of para-hydroxylation sites is 4. The molecule has 1 aromatic heterocycles. The highest BCUT2D eigenvalue weighted by molar-refractivity contribution is 7.26. The second kappa shape index (κ2) is 11.1. The van der Waals surface area contributed by atoms with Gasteiger partial charge in [-0.05, 0) is 94.6 Å². The first-order chi connectivity index (χ1) is 25.3. The Labute approximate surface area is 300 Å². The summed E-state index contributed by atoms with van der Waals surface area (Å²) in [6, 6.07) is 63.3. The molecule has 51 heavy (non-hydrogen) atoms. The maximum Gasteiger partial charge on any atom is 0.256 e. The molecule has 0 N–H and O–H groups in total. The summed E-state index contributed by atoms with van der Waals surface area (Å²) in [4.78, 5) is 4.77. The van der Waals surface area contributed by atoms with E-state index < -0.39 is 0 Å². The van der Waals surface area contributed by atoms with Crippen molar-refractivity contribution in [1.82, 2.24) is 0 Å². The van der Waals surface area contributed by atoms with Crippen LogP contribution in [0.2, 0.25) is 0 Å². The van der Waals surface area contributed by atoms with Gasteiger partial charge < -0.3 is 14.5 Å². The lowest BCUT2D eigenvalue weighted by molar-refractivity contribution is 0.488. The number of nitrogens with zero attached hydrogens (tertiary/aromatic N) is 2. The molecule has 0 saturated heterocycles. The fourth-order valence-corrected chi connectivity index (χ4v) is 9.55. The van der Waals surface area contributed by atoms with Crippen LogP contribution in [0.4, 0.5) is 34.1 Å². The summed E-state index contributed by atoms with van der Waals surface area (Å²) in [7, 11) is 0. The van der Waals surface area contributed by atoms with E-state index in [9.17, 15) is 0 Å². The molecule has 2 aliphatic heterocycles. The van der Waals surface area contributed by atoms with E-state index in [2.05, 4.69) is 186 Å². The Kier molecular flexibility index (Phi) is 6.22. The minimum Gasteiger partial charge on any atom is -0.458 e.